The molecule has 1 unspecified atom stereocenters. The molecule has 1 aromatic rings. The van der Waals surface area contributed by atoms with E-state index >= 15 is 0 Å². The normalized spacial score (nSPS) is 18.2. The van der Waals surface area contributed by atoms with Gasteiger partial charge in [-0.25, -0.2) is 0 Å². The Morgan fingerprint density at radius 2 is 2.12 bits per heavy atom. The van der Waals surface area contributed by atoms with Gasteiger partial charge in [0.1, 0.15) is 0 Å². The number of hydrogen-bond acceptors (Lipinski definition) is 4. The first kappa shape index (κ1) is 11.3. The van der Waals surface area contributed by atoms with Crippen LogP contribution in [0.25, 0.3) is 0 Å². The third-order valence-electron chi connectivity index (χ3n) is 2.39. The first-order chi connectivity index (χ1) is 8.09. The second-order valence-corrected chi connectivity index (χ2v) is 3.57. The summed E-state index contributed by atoms with van der Waals surface area (Å²) in [4.78, 5) is 22.3. The van der Waals surface area contributed by atoms with Crippen LogP contribution in [0.1, 0.15) is 16.8 Å². The highest BCUT2D eigenvalue weighted by atomic mass is 16.5. The van der Waals surface area contributed by atoms with Gasteiger partial charge < -0.3 is 20.9 Å². The number of fused-ring (bicyclic) bond motifs is 1. The average Bonchev–Trinajstić information content (AvgIpc) is 2.49. The minimum absolute atomic E-state index is 0.174. The monoisotopic (exact) mass is 235 g/mol. The van der Waals surface area contributed by atoms with E-state index in [0.29, 0.717) is 6.42 Å². The van der Waals surface area contributed by atoms with Crippen LogP contribution in [0.5, 0.6) is 11.5 Å². The van der Waals surface area contributed by atoms with Crippen molar-refractivity contribution in [3.8, 4) is 11.5 Å². The van der Waals surface area contributed by atoms with E-state index in [2.05, 4.69) is 6.07 Å². The van der Waals surface area contributed by atoms with Crippen molar-refractivity contribution < 1.29 is 19.1 Å². The van der Waals surface area contributed by atoms with Crippen molar-refractivity contribution in [2.24, 2.45) is 11.5 Å². The Balaban J connectivity index is 2.41. The average molecular weight is 235 g/mol. The second-order valence-electron chi connectivity index (χ2n) is 3.57. The van der Waals surface area contributed by atoms with Gasteiger partial charge in [-0.2, -0.15) is 0 Å². The molecule has 6 nitrogen and oxygen atoms in total. The topological polar surface area (TPSA) is 105 Å². The van der Waals surface area contributed by atoms with E-state index in [4.69, 9.17) is 20.9 Å². The number of rotatable bonds is 2. The van der Waals surface area contributed by atoms with Crippen molar-refractivity contribution in [3.05, 3.63) is 23.8 Å². The summed E-state index contributed by atoms with van der Waals surface area (Å²) >= 11 is 0. The number of ether oxygens (including phenoxy) is 2. The Morgan fingerprint density at radius 3 is 2.76 bits per heavy atom. The van der Waals surface area contributed by atoms with E-state index in [1.54, 1.807) is 0 Å². The lowest BCUT2D eigenvalue weighted by atomic mass is 10.2. The lowest BCUT2D eigenvalue weighted by molar-refractivity contribution is -0.124. The Labute approximate surface area is 97.5 Å². The predicted molar refractivity (Wildman–Crippen MR) is 57.5 cm³/mol. The van der Waals surface area contributed by atoms with Crippen LogP contribution < -0.4 is 20.9 Å². The number of primary amides is 2. The van der Waals surface area contributed by atoms with Gasteiger partial charge in [0.05, 0.1) is 12.2 Å². The fourth-order valence-electron chi connectivity index (χ4n) is 1.56. The maximum Gasteiger partial charge on any atom is 0.258 e. The number of carbonyl (C=O) groups excluding carboxylic acids is 2. The van der Waals surface area contributed by atoms with E-state index in [0.717, 1.165) is 0 Å². The van der Waals surface area contributed by atoms with E-state index < -0.39 is 17.9 Å². The summed E-state index contributed by atoms with van der Waals surface area (Å²) in [5.41, 5.74) is 10.5. The molecule has 89 valence electrons. The van der Waals surface area contributed by atoms with Crippen molar-refractivity contribution in [3.63, 3.8) is 0 Å². The zero-order valence-electron chi connectivity index (χ0n) is 8.93. The molecule has 0 saturated heterocycles. The summed E-state index contributed by atoms with van der Waals surface area (Å²) in [6, 6.07) is 5.59. The summed E-state index contributed by atoms with van der Waals surface area (Å²) in [5.74, 6) is -0.729. The summed E-state index contributed by atoms with van der Waals surface area (Å²) < 4.78 is 10.7. The van der Waals surface area contributed by atoms with Gasteiger partial charge in [-0.1, -0.05) is 0 Å². The molecule has 0 saturated carbocycles. The highest BCUT2D eigenvalue weighted by molar-refractivity contribution is 5.96. The van der Waals surface area contributed by atoms with Crippen molar-refractivity contribution in [1.29, 1.82) is 0 Å². The summed E-state index contributed by atoms with van der Waals surface area (Å²) in [7, 11) is 0. The molecule has 1 aromatic carbocycles. The summed E-state index contributed by atoms with van der Waals surface area (Å²) in [6.07, 6.45) is -0.449. The molecule has 1 atom stereocenters. The fraction of sp³-hybridized carbons (Fsp3) is 0.273. The molecule has 0 spiro atoms. The van der Waals surface area contributed by atoms with Crippen molar-refractivity contribution >= 4 is 11.8 Å². The van der Waals surface area contributed by atoms with E-state index in [1.807, 2.05) is 0 Å². The number of amides is 2. The standard InChI is InChI=1S/C11H11N2O4/c12-10(14)6-2-1-3-7-9(6)16-5-4-8(17-7)11(13)15/h2-3,8H,4-5H2,(H2,12,14)(H2,13,15). The Bertz CT molecular complexity index is 473. The van der Waals surface area contributed by atoms with Crippen molar-refractivity contribution in [2.75, 3.05) is 6.61 Å². The molecule has 0 fully saturated rings. The Hall–Kier alpha value is -2.24. The van der Waals surface area contributed by atoms with E-state index in [1.165, 1.54) is 12.1 Å². The molecule has 1 heterocycles. The molecule has 1 radical (unpaired) electrons. The zero-order chi connectivity index (χ0) is 12.4. The molecule has 6 heteroatoms. The van der Waals surface area contributed by atoms with Gasteiger partial charge in [0.25, 0.3) is 11.8 Å². The van der Waals surface area contributed by atoms with Crippen LogP contribution in [0.2, 0.25) is 0 Å². The molecular formula is C11H11N2O4. The molecular weight excluding hydrogens is 224 g/mol. The van der Waals surface area contributed by atoms with E-state index in [9.17, 15) is 9.59 Å². The van der Waals surface area contributed by atoms with Crippen LogP contribution in [-0.4, -0.2) is 24.5 Å². The first-order valence-corrected chi connectivity index (χ1v) is 5.02. The van der Waals surface area contributed by atoms with Crippen LogP contribution in [0.15, 0.2) is 12.1 Å². The maximum absolute atomic E-state index is 11.2. The van der Waals surface area contributed by atoms with Gasteiger partial charge in [0.15, 0.2) is 17.6 Å². The van der Waals surface area contributed by atoms with Crippen LogP contribution in [0, 0.1) is 6.07 Å². The Morgan fingerprint density at radius 1 is 1.35 bits per heavy atom. The number of hydrogen-bond donors (Lipinski definition) is 2. The van der Waals surface area contributed by atoms with Crippen LogP contribution in [0.3, 0.4) is 0 Å². The van der Waals surface area contributed by atoms with Gasteiger partial charge in [0.2, 0.25) is 0 Å². The molecule has 4 N–H and O–H groups in total. The minimum Gasteiger partial charge on any atom is -0.489 e. The smallest absolute Gasteiger partial charge is 0.258 e. The molecule has 17 heavy (non-hydrogen) atoms. The highest BCUT2D eigenvalue weighted by Gasteiger charge is 2.25. The third-order valence-corrected chi connectivity index (χ3v) is 2.39. The van der Waals surface area contributed by atoms with Gasteiger partial charge in [0, 0.05) is 6.42 Å². The molecule has 2 amide bonds. The number of nitrogens with two attached hydrogens (primary N) is 2. The molecule has 1 aliphatic rings. The largest absolute Gasteiger partial charge is 0.489 e. The lowest BCUT2D eigenvalue weighted by Crippen LogP contribution is -2.33. The van der Waals surface area contributed by atoms with Crippen LogP contribution >= 0.6 is 0 Å². The van der Waals surface area contributed by atoms with Crippen molar-refractivity contribution in [2.45, 2.75) is 12.5 Å². The van der Waals surface area contributed by atoms with Gasteiger partial charge in [-0.15, -0.1) is 0 Å². The summed E-state index contributed by atoms with van der Waals surface area (Å²) in [5, 5.41) is 0. The van der Waals surface area contributed by atoms with Gasteiger partial charge in [-0.05, 0) is 18.2 Å². The maximum atomic E-state index is 11.2. The van der Waals surface area contributed by atoms with Crippen LogP contribution in [-0.2, 0) is 4.79 Å². The third kappa shape index (κ3) is 2.15. The molecule has 0 aromatic heterocycles. The second kappa shape index (κ2) is 4.32. The molecule has 1 aliphatic heterocycles. The van der Waals surface area contributed by atoms with Crippen LogP contribution in [0.4, 0.5) is 0 Å². The minimum atomic E-state index is -0.771. The first-order valence-electron chi connectivity index (χ1n) is 5.02. The predicted octanol–water partition coefficient (Wildman–Crippen LogP) is -0.399. The van der Waals surface area contributed by atoms with Crippen molar-refractivity contribution in [1.82, 2.24) is 0 Å². The number of carbonyl (C=O) groups is 2. The zero-order valence-corrected chi connectivity index (χ0v) is 8.93. The van der Waals surface area contributed by atoms with Gasteiger partial charge in [-0.3, -0.25) is 9.59 Å². The SMILES string of the molecule is NC(=O)c1c[c]cc2c1OCCC(C(N)=O)O2. The van der Waals surface area contributed by atoms with E-state index in [-0.39, 0.29) is 23.7 Å². The molecule has 0 bridgehead atoms. The lowest BCUT2D eigenvalue weighted by Gasteiger charge is -2.12. The highest BCUT2D eigenvalue weighted by Crippen LogP contribution is 2.34. The summed E-state index contributed by atoms with van der Waals surface area (Å²) in [6.45, 7) is 0.227. The molecule has 2 rings (SSSR count). The Kier molecular flexibility index (Phi) is 2.86. The molecule has 0 aliphatic carbocycles. The fourth-order valence-corrected chi connectivity index (χ4v) is 1.56. The quantitative estimate of drug-likeness (QED) is 0.727. The van der Waals surface area contributed by atoms with Gasteiger partial charge >= 0.3 is 0 Å². The number of benzene rings is 1.